The summed E-state index contributed by atoms with van der Waals surface area (Å²) in [5, 5.41) is 13.5. The van der Waals surface area contributed by atoms with E-state index in [1.807, 2.05) is 0 Å². The van der Waals surface area contributed by atoms with Crippen molar-refractivity contribution in [1.82, 2.24) is 14.5 Å². The van der Waals surface area contributed by atoms with Crippen molar-refractivity contribution in [3.05, 3.63) is 78.1 Å². The Morgan fingerprint density at radius 1 is 1.12 bits per heavy atom. The molecule has 0 bridgehead atoms. The molecule has 1 aromatic heterocycles. The average molecular weight is 465 g/mol. The smallest absolute Gasteiger partial charge is 0.419 e. The normalized spacial score (nSPS) is 23.1. The van der Waals surface area contributed by atoms with Gasteiger partial charge in [-0.1, -0.05) is 37.3 Å². The Balaban J connectivity index is 1.60. The van der Waals surface area contributed by atoms with Gasteiger partial charge in [-0.05, 0) is 35.7 Å². The van der Waals surface area contributed by atoms with Crippen molar-refractivity contribution in [2.75, 3.05) is 0 Å². The van der Waals surface area contributed by atoms with Crippen LogP contribution in [0, 0.1) is 5.92 Å². The van der Waals surface area contributed by atoms with Crippen LogP contribution in [0.4, 0.5) is 13.2 Å². The highest BCUT2D eigenvalue weighted by Crippen LogP contribution is 2.58. The van der Waals surface area contributed by atoms with Gasteiger partial charge in [0.05, 0.1) is 22.3 Å². The second kappa shape index (κ2) is 7.45. The van der Waals surface area contributed by atoms with E-state index in [0.717, 1.165) is 10.9 Å². The maximum atomic E-state index is 13.0. The third-order valence-corrected chi connectivity index (χ3v) is 7.24. The van der Waals surface area contributed by atoms with E-state index in [-0.39, 0.29) is 10.6 Å². The molecule has 3 aromatic rings. The fraction of sp³-hybridized carbons (Fsp3) is 0.238. The summed E-state index contributed by atoms with van der Waals surface area (Å²) in [4.78, 5) is 11.9. The van der Waals surface area contributed by atoms with Crippen molar-refractivity contribution in [2.24, 2.45) is 5.92 Å². The Morgan fingerprint density at radius 3 is 2.28 bits per heavy atom. The van der Waals surface area contributed by atoms with E-state index in [9.17, 15) is 31.5 Å². The Labute approximate surface area is 181 Å². The molecule has 1 saturated carbocycles. The molecule has 2 N–H and O–H groups in total. The number of benzene rings is 2. The minimum atomic E-state index is -4.55. The van der Waals surface area contributed by atoms with Gasteiger partial charge >= 0.3 is 12.1 Å². The van der Waals surface area contributed by atoms with Crippen LogP contribution in [-0.2, 0) is 21.0 Å². The number of carboxylic acid groups (broad SMARTS) is 1. The summed E-state index contributed by atoms with van der Waals surface area (Å²) in [6, 6.07) is 13.7. The van der Waals surface area contributed by atoms with Gasteiger partial charge in [0.25, 0.3) is 0 Å². The van der Waals surface area contributed by atoms with E-state index in [4.69, 9.17) is 0 Å². The van der Waals surface area contributed by atoms with Gasteiger partial charge < -0.3 is 5.11 Å². The predicted octanol–water partition coefficient (Wildman–Crippen LogP) is 3.43. The van der Waals surface area contributed by atoms with Crippen molar-refractivity contribution in [3.63, 3.8) is 0 Å². The Kier molecular flexibility index (Phi) is 5.13. The molecule has 7 nitrogen and oxygen atoms in total. The minimum Gasteiger partial charge on any atom is -0.480 e. The number of nitrogens with zero attached hydrogens (tertiary/aromatic N) is 2. The maximum absolute atomic E-state index is 13.0. The van der Waals surface area contributed by atoms with Crippen LogP contribution in [-0.4, -0.2) is 34.8 Å². The van der Waals surface area contributed by atoms with Gasteiger partial charge in [0.15, 0.2) is 0 Å². The van der Waals surface area contributed by atoms with Crippen LogP contribution >= 0.6 is 0 Å². The van der Waals surface area contributed by atoms with Crippen LogP contribution in [0.5, 0.6) is 0 Å². The molecule has 4 rings (SSSR count). The molecule has 3 atom stereocenters. The fourth-order valence-corrected chi connectivity index (χ4v) is 5.43. The summed E-state index contributed by atoms with van der Waals surface area (Å²) >= 11 is 0. The first-order valence-corrected chi connectivity index (χ1v) is 11.0. The fourth-order valence-electron chi connectivity index (χ4n) is 3.97. The first-order valence-electron chi connectivity index (χ1n) is 9.51. The molecule has 0 radical (unpaired) electrons. The Bertz CT molecular complexity index is 1260. The number of carbonyl (C=O) groups is 1. The van der Waals surface area contributed by atoms with Gasteiger partial charge in [-0.2, -0.15) is 23.0 Å². The Hall–Kier alpha value is -3.18. The zero-order chi connectivity index (χ0) is 23.3. The van der Waals surface area contributed by atoms with Crippen LogP contribution < -0.4 is 4.72 Å². The first-order chi connectivity index (χ1) is 15.0. The number of halogens is 3. The second-order valence-electron chi connectivity index (χ2n) is 7.62. The van der Waals surface area contributed by atoms with Crippen molar-refractivity contribution in [2.45, 2.75) is 29.5 Å². The lowest BCUT2D eigenvalue weighted by Crippen LogP contribution is -2.45. The van der Waals surface area contributed by atoms with Crippen LogP contribution in [0.25, 0.3) is 5.69 Å². The molecule has 0 amide bonds. The van der Waals surface area contributed by atoms with Crippen LogP contribution in [0.15, 0.2) is 71.9 Å². The van der Waals surface area contributed by atoms with Gasteiger partial charge in [0.2, 0.25) is 10.0 Å². The number of carboxylic acids is 1. The Morgan fingerprint density at radius 2 is 1.75 bits per heavy atom. The van der Waals surface area contributed by atoms with E-state index >= 15 is 0 Å². The highest BCUT2D eigenvalue weighted by molar-refractivity contribution is 7.89. The molecule has 11 heteroatoms. The van der Waals surface area contributed by atoms with Gasteiger partial charge in [-0.15, -0.1) is 0 Å². The van der Waals surface area contributed by atoms with Gasteiger partial charge in [0, 0.05) is 12.1 Å². The number of nitrogens with one attached hydrogen (secondary N) is 1. The van der Waals surface area contributed by atoms with E-state index < -0.39 is 45.1 Å². The summed E-state index contributed by atoms with van der Waals surface area (Å²) in [6.07, 6.45) is -3.09. The van der Waals surface area contributed by atoms with E-state index in [1.54, 1.807) is 37.3 Å². The summed E-state index contributed by atoms with van der Waals surface area (Å²) in [5.74, 6) is -2.31. The largest absolute Gasteiger partial charge is 0.480 e. The van der Waals surface area contributed by atoms with E-state index in [0.29, 0.717) is 11.8 Å². The highest BCUT2D eigenvalue weighted by atomic mass is 32.2. The molecule has 1 aliphatic carbocycles. The highest BCUT2D eigenvalue weighted by Gasteiger charge is 2.70. The third kappa shape index (κ3) is 3.67. The summed E-state index contributed by atoms with van der Waals surface area (Å²) in [6.45, 7) is 1.66. The second-order valence-corrected chi connectivity index (χ2v) is 9.30. The lowest BCUT2D eigenvalue weighted by atomic mass is 10.1. The number of hydrogen-bond acceptors (Lipinski definition) is 4. The molecule has 0 saturated heterocycles. The van der Waals surface area contributed by atoms with Crippen molar-refractivity contribution in [1.29, 1.82) is 0 Å². The predicted molar refractivity (Wildman–Crippen MR) is 108 cm³/mol. The van der Waals surface area contributed by atoms with Gasteiger partial charge in [0.1, 0.15) is 5.54 Å². The molecule has 2 aromatic carbocycles. The number of aromatic nitrogens is 2. The van der Waals surface area contributed by atoms with Gasteiger partial charge in [-0.3, -0.25) is 4.79 Å². The monoisotopic (exact) mass is 465 g/mol. The molecular formula is C21H18F3N3O4S. The van der Waals surface area contributed by atoms with E-state index in [2.05, 4.69) is 9.82 Å². The molecule has 0 spiro atoms. The zero-order valence-electron chi connectivity index (χ0n) is 16.6. The number of sulfonamides is 1. The van der Waals surface area contributed by atoms with Crippen LogP contribution in [0.3, 0.4) is 0 Å². The molecular weight excluding hydrogens is 447 g/mol. The average Bonchev–Trinajstić information content (AvgIpc) is 3.09. The SMILES string of the molecule is CC1[C@H](c2ccccc2)[C@]1(NS(=O)(=O)c1ccc(-n2cc(C(F)(F)F)cn2)cc1)C(=O)O. The van der Waals surface area contributed by atoms with E-state index in [1.165, 1.54) is 24.3 Å². The summed E-state index contributed by atoms with van der Waals surface area (Å²) < 4.78 is 67.5. The number of aliphatic carboxylic acids is 1. The topological polar surface area (TPSA) is 101 Å². The molecule has 32 heavy (non-hydrogen) atoms. The molecule has 1 heterocycles. The lowest BCUT2D eigenvalue weighted by Gasteiger charge is -2.16. The van der Waals surface area contributed by atoms with Crippen molar-refractivity contribution >= 4 is 16.0 Å². The number of rotatable bonds is 6. The van der Waals surface area contributed by atoms with Crippen LogP contribution in [0.1, 0.15) is 24.0 Å². The van der Waals surface area contributed by atoms with Crippen molar-refractivity contribution < 1.29 is 31.5 Å². The lowest BCUT2D eigenvalue weighted by molar-refractivity contribution is -0.140. The van der Waals surface area contributed by atoms with Crippen LogP contribution in [0.2, 0.25) is 0 Å². The summed E-state index contributed by atoms with van der Waals surface area (Å²) in [5.41, 5.74) is -1.70. The molecule has 1 unspecified atom stereocenters. The number of hydrogen-bond donors (Lipinski definition) is 2. The summed E-state index contributed by atoms with van der Waals surface area (Å²) in [7, 11) is -4.23. The molecule has 0 aliphatic heterocycles. The number of alkyl halides is 3. The molecule has 168 valence electrons. The standard InChI is InChI=1S/C21H18F3N3O4S/c1-13-18(14-5-3-2-4-6-14)20(13,19(28)29)26-32(30,31)17-9-7-16(8-10-17)27-12-15(11-25-27)21(22,23)24/h2-13,18,26H,1H3,(H,28,29)/t13?,18-,20+/m1/s1. The zero-order valence-corrected chi connectivity index (χ0v) is 17.4. The molecule has 1 aliphatic rings. The first kappa shape index (κ1) is 22.0. The quantitative estimate of drug-likeness (QED) is 0.581. The minimum absolute atomic E-state index is 0.212. The third-order valence-electron chi connectivity index (χ3n) is 5.74. The molecule has 1 fully saturated rings. The van der Waals surface area contributed by atoms with Gasteiger partial charge in [-0.25, -0.2) is 13.1 Å². The van der Waals surface area contributed by atoms with Crippen molar-refractivity contribution in [3.8, 4) is 5.69 Å². The maximum Gasteiger partial charge on any atom is 0.419 e.